The zero-order valence-electron chi connectivity index (χ0n) is 15.8. The van der Waals surface area contributed by atoms with Gasteiger partial charge in [-0.2, -0.15) is 5.06 Å². The van der Waals surface area contributed by atoms with Crippen molar-refractivity contribution in [1.82, 2.24) is 15.2 Å². The summed E-state index contributed by atoms with van der Waals surface area (Å²) in [6.45, 7) is 1.75. The highest BCUT2D eigenvalue weighted by Gasteiger charge is 2.25. The number of nitrogens with one attached hydrogen (secondary N) is 1. The lowest BCUT2D eigenvalue weighted by atomic mass is 10.1. The highest BCUT2D eigenvalue weighted by atomic mass is 32.1. The molecule has 0 saturated carbocycles. The van der Waals surface area contributed by atoms with Gasteiger partial charge in [0, 0.05) is 42.4 Å². The van der Waals surface area contributed by atoms with Gasteiger partial charge < -0.3 is 9.84 Å². The Morgan fingerprint density at radius 2 is 2.10 bits per heavy atom. The molecular weight excluding hydrogens is 410 g/mol. The van der Waals surface area contributed by atoms with E-state index in [0.29, 0.717) is 34.3 Å². The average molecular weight is 428 g/mol. The van der Waals surface area contributed by atoms with Crippen LogP contribution in [0.2, 0.25) is 0 Å². The van der Waals surface area contributed by atoms with Crippen molar-refractivity contribution in [2.45, 2.75) is 19.1 Å². The summed E-state index contributed by atoms with van der Waals surface area (Å²) in [6.07, 6.45) is 2.52. The molecule has 1 N–H and O–H groups in total. The molecule has 1 aliphatic rings. The van der Waals surface area contributed by atoms with Crippen LogP contribution in [0.5, 0.6) is 0 Å². The third-order valence-electron chi connectivity index (χ3n) is 4.97. The van der Waals surface area contributed by atoms with Crippen molar-refractivity contribution in [2.75, 3.05) is 18.4 Å². The lowest BCUT2D eigenvalue weighted by Gasteiger charge is -2.16. The van der Waals surface area contributed by atoms with Gasteiger partial charge in [0.15, 0.2) is 10.9 Å². The fraction of sp³-hybridized carbons (Fsp3) is 0.238. The summed E-state index contributed by atoms with van der Waals surface area (Å²) in [5.74, 6) is -0.510. The molecule has 2 aromatic heterocycles. The summed E-state index contributed by atoms with van der Waals surface area (Å²) < 4.78 is 33.0. The van der Waals surface area contributed by atoms with Gasteiger partial charge in [-0.25, -0.2) is 13.8 Å². The quantitative estimate of drug-likeness (QED) is 0.474. The minimum atomic E-state index is -0.624. The van der Waals surface area contributed by atoms with Crippen LogP contribution in [0, 0.1) is 11.6 Å². The standard InChI is InChI=1S/C21H18F2N4O2S/c22-15-8-17(23)20-18(9-15)26-21(30-20)25-16-6-7-27(11-16)28-12-14-10-24-29-19(14)13-4-2-1-3-5-13/h1-5,8-10,16H,6-7,11-12H2,(H,25,26)/t16-/m1/s1. The van der Waals surface area contributed by atoms with Gasteiger partial charge in [0.1, 0.15) is 11.6 Å². The highest BCUT2D eigenvalue weighted by Crippen LogP contribution is 2.30. The van der Waals surface area contributed by atoms with E-state index in [4.69, 9.17) is 9.36 Å². The van der Waals surface area contributed by atoms with Crippen molar-refractivity contribution in [3.8, 4) is 11.3 Å². The molecule has 1 saturated heterocycles. The monoisotopic (exact) mass is 428 g/mol. The Hall–Kier alpha value is -2.88. The van der Waals surface area contributed by atoms with Gasteiger partial charge in [0.05, 0.1) is 23.0 Å². The Balaban J connectivity index is 1.19. The van der Waals surface area contributed by atoms with Gasteiger partial charge in [-0.15, -0.1) is 0 Å². The zero-order valence-corrected chi connectivity index (χ0v) is 16.7. The molecule has 0 bridgehead atoms. The van der Waals surface area contributed by atoms with Crippen molar-refractivity contribution in [3.63, 3.8) is 0 Å². The summed E-state index contributed by atoms with van der Waals surface area (Å²) in [4.78, 5) is 10.2. The van der Waals surface area contributed by atoms with E-state index in [2.05, 4.69) is 15.5 Å². The minimum absolute atomic E-state index is 0.106. The molecule has 1 aliphatic heterocycles. The minimum Gasteiger partial charge on any atom is -0.357 e. The smallest absolute Gasteiger partial charge is 0.184 e. The number of hydrogen-bond donors (Lipinski definition) is 1. The SMILES string of the molecule is Fc1cc(F)c2sc(N[C@@H]3CCN(OCc4cnoc4-c4ccccc4)C3)nc2c1. The third-order valence-corrected chi connectivity index (χ3v) is 5.98. The molecule has 0 spiro atoms. The third kappa shape index (κ3) is 3.91. The number of nitrogens with zero attached hydrogens (tertiary/aromatic N) is 3. The Labute approximate surface area is 175 Å². The number of halogens is 2. The molecule has 3 heterocycles. The molecule has 154 valence electrons. The molecule has 4 aromatic rings. The summed E-state index contributed by atoms with van der Waals surface area (Å²) >= 11 is 1.19. The van der Waals surface area contributed by atoms with Crippen LogP contribution in [-0.2, 0) is 11.4 Å². The summed E-state index contributed by atoms with van der Waals surface area (Å²) in [5.41, 5.74) is 2.15. The molecule has 0 aliphatic carbocycles. The van der Waals surface area contributed by atoms with Gasteiger partial charge in [-0.1, -0.05) is 46.8 Å². The molecular formula is C21H18F2N4O2S. The Kier molecular flexibility index (Phi) is 5.16. The number of fused-ring (bicyclic) bond motifs is 1. The predicted molar refractivity (Wildman–Crippen MR) is 110 cm³/mol. The predicted octanol–water partition coefficient (Wildman–Crippen LogP) is 4.85. The van der Waals surface area contributed by atoms with E-state index >= 15 is 0 Å². The van der Waals surface area contributed by atoms with Crippen molar-refractivity contribution in [2.24, 2.45) is 0 Å². The van der Waals surface area contributed by atoms with Gasteiger partial charge in [0.25, 0.3) is 0 Å². The number of thiazole rings is 1. The Bertz CT molecular complexity index is 1160. The van der Waals surface area contributed by atoms with Crippen LogP contribution in [-0.4, -0.2) is 34.3 Å². The maximum atomic E-state index is 13.9. The molecule has 30 heavy (non-hydrogen) atoms. The van der Waals surface area contributed by atoms with Gasteiger partial charge in [-0.05, 0) is 6.42 Å². The molecule has 9 heteroatoms. The Morgan fingerprint density at radius 3 is 2.97 bits per heavy atom. The lowest BCUT2D eigenvalue weighted by Crippen LogP contribution is -2.26. The van der Waals surface area contributed by atoms with E-state index in [-0.39, 0.29) is 6.04 Å². The molecule has 0 amide bonds. The molecule has 6 nitrogen and oxygen atoms in total. The molecule has 5 rings (SSSR count). The maximum absolute atomic E-state index is 13.9. The zero-order chi connectivity index (χ0) is 20.5. The first-order valence-electron chi connectivity index (χ1n) is 9.54. The van der Waals surface area contributed by atoms with E-state index in [0.717, 1.165) is 30.2 Å². The first kappa shape index (κ1) is 19.1. The summed E-state index contributed by atoms with van der Waals surface area (Å²) in [7, 11) is 0. The topological polar surface area (TPSA) is 63.4 Å². The van der Waals surface area contributed by atoms with Gasteiger partial charge >= 0.3 is 0 Å². The van der Waals surface area contributed by atoms with Crippen LogP contribution in [0.3, 0.4) is 0 Å². The number of benzene rings is 2. The van der Waals surface area contributed by atoms with E-state index in [9.17, 15) is 8.78 Å². The number of hydrogen-bond acceptors (Lipinski definition) is 7. The lowest BCUT2D eigenvalue weighted by molar-refractivity contribution is -0.153. The number of rotatable bonds is 6. The average Bonchev–Trinajstić information content (AvgIpc) is 3.47. The van der Waals surface area contributed by atoms with E-state index in [1.165, 1.54) is 17.4 Å². The highest BCUT2D eigenvalue weighted by molar-refractivity contribution is 7.22. The fourth-order valence-corrected chi connectivity index (χ4v) is 4.44. The van der Waals surface area contributed by atoms with Gasteiger partial charge in [-0.3, -0.25) is 4.84 Å². The van der Waals surface area contributed by atoms with E-state index in [1.807, 2.05) is 35.4 Å². The van der Waals surface area contributed by atoms with E-state index < -0.39 is 11.6 Å². The second-order valence-corrected chi connectivity index (χ2v) is 8.09. The van der Waals surface area contributed by atoms with Crippen LogP contribution < -0.4 is 5.32 Å². The van der Waals surface area contributed by atoms with Crippen LogP contribution in [0.25, 0.3) is 21.5 Å². The number of hydroxylamine groups is 2. The second kappa shape index (κ2) is 8.10. The van der Waals surface area contributed by atoms with Gasteiger partial charge in [0.2, 0.25) is 0 Å². The number of aromatic nitrogens is 2. The maximum Gasteiger partial charge on any atom is 0.184 e. The second-order valence-electron chi connectivity index (χ2n) is 7.09. The van der Waals surface area contributed by atoms with Crippen LogP contribution in [0.4, 0.5) is 13.9 Å². The van der Waals surface area contributed by atoms with E-state index in [1.54, 1.807) is 6.20 Å². The van der Waals surface area contributed by atoms with Crippen LogP contribution in [0.1, 0.15) is 12.0 Å². The van der Waals surface area contributed by atoms with Crippen molar-refractivity contribution < 1.29 is 18.1 Å². The molecule has 2 aromatic carbocycles. The largest absolute Gasteiger partial charge is 0.357 e. The van der Waals surface area contributed by atoms with Crippen molar-refractivity contribution in [1.29, 1.82) is 0 Å². The van der Waals surface area contributed by atoms with Crippen molar-refractivity contribution >= 4 is 26.7 Å². The first-order valence-corrected chi connectivity index (χ1v) is 10.4. The van der Waals surface area contributed by atoms with Crippen LogP contribution >= 0.6 is 11.3 Å². The molecule has 1 fully saturated rings. The molecule has 1 atom stereocenters. The summed E-state index contributed by atoms with van der Waals surface area (Å²) in [6, 6.07) is 12.0. The first-order chi connectivity index (χ1) is 14.7. The Morgan fingerprint density at radius 1 is 1.23 bits per heavy atom. The number of anilines is 1. The fourth-order valence-electron chi connectivity index (χ4n) is 3.51. The van der Waals surface area contributed by atoms with Crippen LogP contribution in [0.15, 0.2) is 53.2 Å². The molecule has 0 radical (unpaired) electrons. The normalized spacial score (nSPS) is 17.1. The summed E-state index contributed by atoms with van der Waals surface area (Å²) in [5, 5.41) is 9.66. The van der Waals surface area contributed by atoms with Crippen molar-refractivity contribution in [3.05, 3.63) is 65.9 Å². The molecule has 0 unspecified atom stereocenters.